The van der Waals surface area contributed by atoms with E-state index in [0.717, 1.165) is 24.9 Å². The Morgan fingerprint density at radius 1 is 0.939 bits per heavy atom. The number of carboxylic acids is 1. The van der Waals surface area contributed by atoms with Crippen LogP contribution in [0.2, 0.25) is 0 Å². The molecule has 5 heteroatoms. The SMILES string of the molecule is CC(NCCCc1ccc(C(C)(C)C(=O)NCCC(=O)O)cc1)c1cccc2ccccc12. The van der Waals surface area contributed by atoms with Crippen LogP contribution < -0.4 is 10.6 Å². The number of carboxylic acid groups (broad SMARTS) is 1. The number of rotatable bonds is 11. The lowest BCUT2D eigenvalue weighted by Crippen LogP contribution is -2.40. The summed E-state index contributed by atoms with van der Waals surface area (Å²) < 4.78 is 0. The molecule has 3 aromatic rings. The van der Waals surface area contributed by atoms with Crippen molar-refractivity contribution < 1.29 is 14.7 Å². The Hall–Kier alpha value is -3.18. The molecule has 3 N–H and O–H groups in total. The zero-order valence-electron chi connectivity index (χ0n) is 19.7. The van der Waals surface area contributed by atoms with Gasteiger partial charge in [-0.15, -0.1) is 0 Å². The van der Waals surface area contributed by atoms with Crippen molar-refractivity contribution >= 4 is 22.6 Å². The molecule has 0 aliphatic carbocycles. The second-order valence-electron chi connectivity index (χ2n) is 9.07. The second-order valence-corrected chi connectivity index (χ2v) is 9.07. The van der Waals surface area contributed by atoms with Gasteiger partial charge in [0.2, 0.25) is 5.91 Å². The first-order valence-electron chi connectivity index (χ1n) is 11.6. The lowest BCUT2D eigenvalue weighted by atomic mass is 9.83. The maximum atomic E-state index is 12.5. The van der Waals surface area contributed by atoms with Crippen LogP contribution in [0.3, 0.4) is 0 Å². The van der Waals surface area contributed by atoms with Gasteiger partial charge in [0.15, 0.2) is 0 Å². The highest BCUT2D eigenvalue weighted by atomic mass is 16.4. The third-order valence-electron chi connectivity index (χ3n) is 6.25. The first-order valence-corrected chi connectivity index (χ1v) is 11.6. The van der Waals surface area contributed by atoms with Crippen molar-refractivity contribution in [3.8, 4) is 0 Å². The fourth-order valence-electron chi connectivity index (χ4n) is 4.07. The summed E-state index contributed by atoms with van der Waals surface area (Å²) in [5, 5.41) is 17.7. The van der Waals surface area contributed by atoms with Crippen LogP contribution in [0, 0.1) is 0 Å². The van der Waals surface area contributed by atoms with Gasteiger partial charge in [0.25, 0.3) is 0 Å². The van der Waals surface area contributed by atoms with Crippen molar-refractivity contribution in [2.24, 2.45) is 0 Å². The van der Waals surface area contributed by atoms with Crippen molar-refractivity contribution in [3.05, 3.63) is 83.4 Å². The zero-order chi connectivity index (χ0) is 23.8. The molecule has 1 amide bonds. The number of nitrogens with one attached hydrogen (secondary N) is 2. The van der Waals surface area contributed by atoms with Gasteiger partial charge in [-0.1, -0.05) is 66.7 Å². The van der Waals surface area contributed by atoms with Crippen molar-refractivity contribution in [3.63, 3.8) is 0 Å². The molecule has 3 aromatic carbocycles. The maximum absolute atomic E-state index is 12.5. The molecular weight excluding hydrogens is 412 g/mol. The summed E-state index contributed by atoms with van der Waals surface area (Å²) in [5.74, 6) is -1.08. The number of fused-ring (bicyclic) bond motifs is 1. The number of carbonyl (C=O) groups is 2. The highest BCUT2D eigenvalue weighted by molar-refractivity contribution is 5.87. The molecule has 3 rings (SSSR count). The normalized spacial score (nSPS) is 12.5. The average molecular weight is 447 g/mol. The van der Waals surface area contributed by atoms with E-state index in [0.29, 0.717) is 0 Å². The predicted molar refractivity (Wildman–Crippen MR) is 133 cm³/mol. The first-order chi connectivity index (χ1) is 15.8. The number of aliphatic carboxylic acids is 1. The largest absolute Gasteiger partial charge is 0.481 e. The average Bonchev–Trinajstić information content (AvgIpc) is 2.81. The highest BCUT2D eigenvalue weighted by Crippen LogP contribution is 2.25. The molecule has 0 saturated carbocycles. The van der Waals surface area contributed by atoms with E-state index in [4.69, 9.17) is 5.11 Å². The van der Waals surface area contributed by atoms with Crippen LogP contribution in [-0.2, 0) is 21.4 Å². The number of benzene rings is 3. The maximum Gasteiger partial charge on any atom is 0.305 e. The molecule has 0 aliphatic heterocycles. The van der Waals surface area contributed by atoms with Crippen molar-refractivity contribution in [2.45, 2.75) is 51.5 Å². The van der Waals surface area contributed by atoms with E-state index in [1.807, 2.05) is 26.0 Å². The van der Waals surface area contributed by atoms with Gasteiger partial charge in [-0.3, -0.25) is 9.59 Å². The third-order valence-corrected chi connectivity index (χ3v) is 6.25. The third kappa shape index (κ3) is 6.42. The van der Waals surface area contributed by atoms with Crippen LogP contribution in [0.25, 0.3) is 10.8 Å². The monoisotopic (exact) mass is 446 g/mol. The molecule has 0 aromatic heterocycles. The van der Waals surface area contributed by atoms with Gasteiger partial charge in [-0.25, -0.2) is 0 Å². The van der Waals surface area contributed by atoms with Crippen LogP contribution >= 0.6 is 0 Å². The van der Waals surface area contributed by atoms with Gasteiger partial charge >= 0.3 is 5.97 Å². The van der Waals surface area contributed by atoms with Crippen LogP contribution in [0.1, 0.15) is 56.3 Å². The Bertz CT molecular complexity index is 1080. The summed E-state index contributed by atoms with van der Waals surface area (Å²) in [6.07, 6.45) is 1.90. The molecule has 1 atom stereocenters. The van der Waals surface area contributed by atoms with E-state index in [2.05, 4.69) is 72.2 Å². The molecule has 0 fully saturated rings. The van der Waals surface area contributed by atoms with Crippen molar-refractivity contribution in [1.82, 2.24) is 10.6 Å². The minimum atomic E-state index is -0.918. The molecule has 0 radical (unpaired) electrons. The molecular formula is C28H34N2O3. The highest BCUT2D eigenvalue weighted by Gasteiger charge is 2.29. The smallest absolute Gasteiger partial charge is 0.305 e. The van der Waals surface area contributed by atoms with Gasteiger partial charge in [-0.2, -0.15) is 0 Å². The predicted octanol–water partition coefficient (Wildman–Crippen LogP) is 4.99. The van der Waals surface area contributed by atoms with Crippen LogP contribution in [0.15, 0.2) is 66.7 Å². The Morgan fingerprint density at radius 2 is 1.64 bits per heavy atom. The molecule has 174 valence electrons. The van der Waals surface area contributed by atoms with Crippen LogP contribution in [0.4, 0.5) is 0 Å². The topological polar surface area (TPSA) is 78.4 Å². The lowest BCUT2D eigenvalue weighted by molar-refractivity contribution is -0.137. The summed E-state index contributed by atoms with van der Waals surface area (Å²) in [7, 11) is 0. The van der Waals surface area contributed by atoms with E-state index in [1.165, 1.54) is 21.9 Å². The molecule has 0 bridgehead atoms. The Morgan fingerprint density at radius 3 is 2.36 bits per heavy atom. The fraction of sp³-hybridized carbons (Fsp3) is 0.357. The quantitative estimate of drug-likeness (QED) is 0.363. The first kappa shape index (κ1) is 24.5. The van der Waals surface area contributed by atoms with Crippen LogP contribution in [0.5, 0.6) is 0 Å². The summed E-state index contributed by atoms with van der Waals surface area (Å²) in [4.78, 5) is 23.1. The number of carbonyl (C=O) groups excluding carboxylic acids is 1. The summed E-state index contributed by atoms with van der Waals surface area (Å²) in [5.41, 5.74) is 2.76. The van der Waals surface area contributed by atoms with E-state index in [1.54, 1.807) is 0 Å². The standard InChI is InChI=1S/C28H34N2O3/c1-20(24-12-6-10-22-9-4-5-11-25(22)24)29-18-7-8-21-13-15-23(16-14-21)28(2,3)27(33)30-19-17-26(31)32/h4-6,9-16,20,29H,7-8,17-19H2,1-3H3,(H,30,33)(H,31,32). The van der Waals surface area contributed by atoms with Gasteiger partial charge in [-0.05, 0) is 67.6 Å². The van der Waals surface area contributed by atoms with E-state index in [9.17, 15) is 9.59 Å². The molecule has 0 aliphatic rings. The molecule has 33 heavy (non-hydrogen) atoms. The van der Waals surface area contributed by atoms with Gasteiger partial charge in [0.1, 0.15) is 0 Å². The van der Waals surface area contributed by atoms with Gasteiger partial charge < -0.3 is 15.7 Å². The Kier molecular flexibility index (Phi) is 8.23. The van der Waals surface area contributed by atoms with E-state index >= 15 is 0 Å². The number of amides is 1. The Balaban J connectivity index is 1.49. The summed E-state index contributed by atoms with van der Waals surface area (Å²) in [6, 6.07) is 23.4. The number of hydrogen-bond donors (Lipinski definition) is 3. The molecule has 0 heterocycles. The molecule has 0 spiro atoms. The van der Waals surface area contributed by atoms with Crippen LogP contribution in [-0.4, -0.2) is 30.1 Å². The fourth-order valence-corrected chi connectivity index (χ4v) is 4.07. The molecule has 0 saturated heterocycles. The Labute approximate surface area is 196 Å². The second kappa shape index (κ2) is 11.1. The minimum absolute atomic E-state index is 0.0755. The zero-order valence-corrected chi connectivity index (χ0v) is 19.7. The number of hydrogen-bond acceptors (Lipinski definition) is 3. The molecule has 5 nitrogen and oxygen atoms in total. The lowest BCUT2D eigenvalue weighted by Gasteiger charge is -2.24. The molecule has 1 unspecified atom stereocenters. The summed E-state index contributed by atoms with van der Waals surface area (Å²) in [6.45, 7) is 6.98. The summed E-state index contributed by atoms with van der Waals surface area (Å²) >= 11 is 0. The van der Waals surface area contributed by atoms with Gasteiger partial charge in [0, 0.05) is 12.6 Å². The van der Waals surface area contributed by atoms with E-state index < -0.39 is 11.4 Å². The van der Waals surface area contributed by atoms with E-state index in [-0.39, 0.29) is 24.9 Å². The number of aryl methyl sites for hydroxylation is 1. The van der Waals surface area contributed by atoms with Crippen molar-refractivity contribution in [1.29, 1.82) is 0 Å². The van der Waals surface area contributed by atoms with Gasteiger partial charge in [0.05, 0.1) is 11.8 Å². The minimum Gasteiger partial charge on any atom is -0.481 e. The van der Waals surface area contributed by atoms with Crippen molar-refractivity contribution in [2.75, 3.05) is 13.1 Å².